The summed E-state index contributed by atoms with van der Waals surface area (Å²) >= 11 is 0. The molecule has 5 rings (SSSR count). The first-order valence-electron chi connectivity index (χ1n) is 9.45. The molecule has 1 aliphatic rings. The van der Waals surface area contributed by atoms with Crippen molar-refractivity contribution in [1.29, 1.82) is 0 Å². The number of aromatic hydroxyl groups is 1. The molecule has 3 aromatic carbocycles. The number of benzene rings is 3. The summed E-state index contributed by atoms with van der Waals surface area (Å²) in [5.74, 6) is -0.0761. The molecule has 28 heavy (non-hydrogen) atoms. The SMILES string of the molecule is O=c1[nH]c(O)c(CCC2(c3ccccc3)c3ccccc3-c3ccccc32)[nH]1. The first-order valence-corrected chi connectivity index (χ1v) is 9.45. The van der Waals surface area contributed by atoms with E-state index in [1.165, 1.54) is 27.8 Å². The highest BCUT2D eigenvalue weighted by Crippen LogP contribution is 2.54. The number of rotatable bonds is 4. The van der Waals surface area contributed by atoms with Crippen LogP contribution in [0.15, 0.2) is 83.7 Å². The van der Waals surface area contributed by atoms with Crippen molar-refractivity contribution in [2.45, 2.75) is 18.3 Å². The van der Waals surface area contributed by atoms with Crippen LogP contribution in [-0.4, -0.2) is 15.1 Å². The second-order valence-electron chi connectivity index (χ2n) is 7.27. The van der Waals surface area contributed by atoms with Crippen molar-refractivity contribution in [3.8, 4) is 17.0 Å². The zero-order valence-electron chi connectivity index (χ0n) is 15.3. The van der Waals surface area contributed by atoms with Gasteiger partial charge in [0.2, 0.25) is 5.88 Å². The summed E-state index contributed by atoms with van der Waals surface area (Å²) in [5.41, 5.74) is 6.05. The van der Waals surface area contributed by atoms with Crippen molar-refractivity contribution >= 4 is 0 Å². The Balaban J connectivity index is 1.74. The molecule has 1 aliphatic carbocycles. The summed E-state index contributed by atoms with van der Waals surface area (Å²) in [6, 6.07) is 27.5. The third-order valence-electron chi connectivity index (χ3n) is 5.86. The Morgan fingerprint density at radius 3 is 1.89 bits per heavy atom. The Hall–Kier alpha value is -3.53. The van der Waals surface area contributed by atoms with Gasteiger partial charge in [-0.05, 0) is 40.7 Å². The van der Waals surface area contributed by atoms with Gasteiger partial charge in [-0.1, -0.05) is 78.9 Å². The lowest BCUT2D eigenvalue weighted by Gasteiger charge is -2.33. The number of hydrogen-bond acceptors (Lipinski definition) is 2. The van der Waals surface area contributed by atoms with Crippen LogP contribution in [0.4, 0.5) is 0 Å². The van der Waals surface area contributed by atoms with Crippen LogP contribution in [0, 0.1) is 0 Å². The van der Waals surface area contributed by atoms with Crippen LogP contribution >= 0.6 is 0 Å². The van der Waals surface area contributed by atoms with E-state index in [-0.39, 0.29) is 17.0 Å². The topological polar surface area (TPSA) is 68.9 Å². The monoisotopic (exact) mass is 368 g/mol. The highest BCUT2D eigenvalue weighted by Gasteiger charge is 2.44. The second-order valence-corrected chi connectivity index (χ2v) is 7.27. The molecule has 4 aromatic rings. The van der Waals surface area contributed by atoms with Gasteiger partial charge in [0.25, 0.3) is 0 Å². The van der Waals surface area contributed by atoms with Crippen molar-refractivity contribution in [3.63, 3.8) is 0 Å². The van der Waals surface area contributed by atoms with E-state index in [0.29, 0.717) is 12.1 Å². The normalized spacial score (nSPS) is 13.9. The minimum Gasteiger partial charge on any atom is -0.493 e. The van der Waals surface area contributed by atoms with Gasteiger partial charge in [0.1, 0.15) is 0 Å². The molecule has 0 fully saturated rings. The predicted octanol–water partition coefficient (Wildman–Crippen LogP) is 4.36. The van der Waals surface area contributed by atoms with Crippen molar-refractivity contribution in [2.24, 2.45) is 0 Å². The number of aromatic amines is 2. The molecule has 0 aliphatic heterocycles. The van der Waals surface area contributed by atoms with E-state index >= 15 is 0 Å². The molecule has 0 radical (unpaired) electrons. The van der Waals surface area contributed by atoms with E-state index in [1.54, 1.807) is 0 Å². The van der Waals surface area contributed by atoms with Gasteiger partial charge >= 0.3 is 5.69 Å². The van der Waals surface area contributed by atoms with Gasteiger partial charge in [-0.15, -0.1) is 0 Å². The maximum atomic E-state index is 11.6. The van der Waals surface area contributed by atoms with E-state index < -0.39 is 0 Å². The summed E-state index contributed by atoms with van der Waals surface area (Å²) in [6.07, 6.45) is 1.27. The lowest BCUT2D eigenvalue weighted by atomic mass is 9.69. The average molecular weight is 368 g/mol. The molecule has 0 unspecified atom stereocenters. The summed E-state index contributed by atoms with van der Waals surface area (Å²) in [7, 11) is 0. The van der Waals surface area contributed by atoms with E-state index in [0.717, 1.165) is 6.42 Å². The highest BCUT2D eigenvalue weighted by molar-refractivity contribution is 5.83. The van der Waals surface area contributed by atoms with Crippen molar-refractivity contribution in [3.05, 3.63) is 112 Å². The molecular formula is C24H20N2O2. The molecule has 1 aromatic heterocycles. The lowest BCUT2D eigenvalue weighted by Crippen LogP contribution is -2.28. The number of aryl methyl sites for hydroxylation is 1. The number of fused-ring (bicyclic) bond motifs is 3. The van der Waals surface area contributed by atoms with Crippen LogP contribution in [0.1, 0.15) is 28.8 Å². The van der Waals surface area contributed by atoms with Gasteiger partial charge in [0.15, 0.2) is 0 Å². The lowest BCUT2D eigenvalue weighted by molar-refractivity contribution is 0.444. The van der Waals surface area contributed by atoms with Crippen LogP contribution in [0.25, 0.3) is 11.1 Å². The quantitative estimate of drug-likeness (QED) is 0.501. The average Bonchev–Trinajstić information content (AvgIpc) is 3.21. The van der Waals surface area contributed by atoms with Gasteiger partial charge in [0, 0.05) is 5.41 Å². The Kier molecular flexibility index (Phi) is 3.72. The number of imidazole rings is 1. The number of hydrogen-bond donors (Lipinski definition) is 3. The molecular weight excluding hydrogens is 348 g/mol. The standard InChI is InChI=1S/C24H20N2O2/c27-22-21(25-23(28)26-22)14-15-24(16-8-2-1-3-9-16)19-12-6-4-10-17(19)18-11-5-7-13-20(18)24/h1-13,27H,14-15H2,(H2,25,26,28). The van der Waals surface area contributed by atoms with Crippen LogP contribution in [0.2, 0.25) is 0 Å². The summed E-state index contributed by atoms with van der Waals surface area (Å²) in [5, 5.41) is 10.1. The number of aromatic nitrogens is 2. The molecule has 0 atom stereocenters. The van der Waals surface area contributed by atoms with E-state index in [4.69, 9.17) is 0 Å². The second kappa shape index (κ2) is 6.27. The van der Waals surface area contributed by atoms with Gasteiger partial charge in [-0.3, -0.25) is 4.98 Å². The smallest absolute Gasteiger partial charge is 0.325 e. The summed E-state index contributed by atoms with van der Waals surface area (Å²) in [4.78, 5) is 16.7. The fraction of sp³-hybridized carbons (Fsp3) is 0.125. The highest BCUT2D eigenvalue weighted by atomic mass is 16.3. The molecule has 0 amide bonds. The fourth-order valence-electron chi connectivity index (χ4n) is 4.68. The molecule has 4 nitrogen and oxygen atoms in total. The Bertz CT molecular complexity index is 1160. The largest absolute Gasteiger partial charge is 0.493 e. The zero-order valence-corrected chi connectivity index (χ0v) is 15.3. The van der Waals surface area contributed by atoms with Gasteiger partial charge < -0.3 is 10.1 Å². The number of H-pyrrole nitrogens is 2. The molecule has 0 spiro atoms. The third-order valence-corrected chi connectivity index (χ3v) is 5.86. The molecule has 0 saturated heterocycles. The molecule has 138 valence electrons. The van der Waals surface area contributed by atoms with E-state index in [9.17, 15) is 9.90 Å². The van der Waals surface area contributed by atoms with Crippen molar-refractivity contribution < 1.29 is 5.11 Å². The molecule has 0 saturated carbocycles. The maximum absolute atomic E-state index is 11.6. The Labute approximate surface area is 162 Å². The molecule has 0 bridgehead atoms. The summed E-state index contributed by atoms with van der Waals surface area (Å²) in [6.45, 7) is 0. The van der Waals surface area contributed by atoms with Crippen LogP contribution < -0.4 is 5.69 Å². The molecule has 4 heteroatoms. The molecule has 1 heterocycles. The van der Waals surface area contributed by atoms with Gasteiger partial charge in [-0.25, -0.2) is 4.79 Å². The Morgan fingerprint density at radius 1 is 0.750 bits per heavy atom. The number of nitrogens with one attached hydrogen (secondary N) is 2. The molecule has 3 N–H and O–H groups in total. The summed E-state index contributed by atoms with van der Waals surface area (Å²) < 4.78 is 0. The first kappa shape index (κ1) is 16.6. The van der Waals surface area contributed by atoms with Crippen LogP contribution in [-0.2, 0) is 11.8 Å². The minimum absolute atomic E-state index is 0.0761. The third kappa shape index (κ3) is 2.34. The van der Waals surface area contributed by atoms with Crippen molar-refractivity contribution in [2.75, 3.05) is 0 Å². The van der Waals surface area contributed by atoms with E-state index in [2.05, 4.69) is 82.8 Å². The fourth-order valence-corrected chi connectivity index (χ4v) is 4.68. The van der Waals surface area contributed by atoms with Crippen molar-refractivity contribution in [1.82, 2.24) is 9.97 Å². The van der Waals surface area contributed by atoms with Crippen LogP contribution in [0.5, 0.6) is 5.88 Å². The Morgan fingerprint density at radius 2 is 1.32 bits per heavy atom. The van der Waals surface area contributed by atoms with Gasteiger partial charge in [-0.2, -0.15) is 0 Å². The predicted molar refractivity (Wildman–Crippen MR) is 110 cm³/mol. The maximum Gasteiger partial charge on any atom is 0.325 e. The zero-order chi connectivity index (χ0) is 19.1. The van der Waals surface area contributed by atoms with Gasteiger partial charge in [0.05, 0.1) is 5.69 Å². The minimum atomic E-state index is -0.381. The van der Waals surface area contributed by atoms with Crippen LogP contribution in [0.3, 0.4) is 0 Å². The van der Waals surface area contributed by atoms with E-state index in [1.807, 2.05) is 6.07 Å². The first-order chi connectivity index (χ1) is 13.7.